The van der Waals surface area contributed by atoms with Crippen molar-refractivity contribution in [2.75, 3.05) is 7.11 Å². The molecule has 0 fully saturated rings. The van der Waals surface area contributed by atoms with Crippen LogP contribution < -0.4 is 9.46 Å². The van der Waals surface area contributed by atoms with Crippen LogP contribution in [0.3, 0.4) is 0 Å². The molecule has 0 amide bonds. The van der Waals surface area contributed by atoms with Gasteiger partial charge in [-0.3, -0.25) is 10.1 Å². The molecule has 0 aromatic heterocycles. The lowest BCUT2D eigenvalue weighted by atomic mass is 10.1. The summed E-state index contributed by atoms with van der Waals surface area (Å²) < 4.78 is 31.9. The first-order valence-corrected chi connectivity index (χ1v) is 7.51. The van der Waals surface area contributed by atoms with E-state index in [1.54, 1.807) is 20.8 Å². The minimum Gasteiger partial charge on any atom is -0.489 e. The quantitative estimate of drug-likeness (QED) is 0.614. The number of carboxylic acid groups (broad SMARTS) is 1. The number of methoxy groups -OCH3 is 1. The fourth-order valence-corrected chi connectivity index (χ4v) is 3.34. The van der Waals surface area contributed by atoms with Gasteiger partial charge in [0.15, 0.2) is 0 Å². The molecule has 0 unspecified atom stereocenters. The Bertz CT molecular complexity index is 720. The van der Waals surface area contributed by atoms with E-state index in [9.17, 15) is 23.3 Å². The van der Waals surface area contributed by atoms with Crippen LogP contribution in [-0.4, -0.2) is 37.1 Å². The van der Waals surface area contributed by atoms with E-state index in [0.29, 0.717) is 0 Å². The van der Waals surface area contributed by atoms with Crippen LogP contribution in [0.15, 0.2) is 17.0 Å². The van der Waals surface area contributed by atoms with Crippen molar-refractivity contribution >= 4 is 21.7 Å². The zero-order valence-corrected chi connectivity index (χ0v) is 13.2. The summed E-state index contributed by atoms with van der Waals surface area (Å²) in [6.45, 7) is 4.73. The molecule has 0 aliphatic rings. The van der Waals surface area contributed by atoms with E-state index in [-0.39, 0.29) is 0 Å². The van der Waals surface area contributed by atoms with E-state index >= 15 is 0 Å². The van der Waals surface area contributed by atoms with Gasteiger partial charge in [0.1, 0.15) is 4.90 Å². The number of nitro benzene ring substituents is 1. The van der Waals surface area contributed by atoms with Gasteiger partial charge in [0.05, 0.1) is 17.6 Å². The molecule has 1 aromatic carbocycles. The number of nitro groups is 1. The number of carbonyl (C=O) groups is 1. The molecule has 0 aliphatic carbocycles. The topological polar surface area (TPSA) is 136 Å². The van der Waals surface area contributed by atoms with E-state index in [1.807, 2.05) is 0 Å². The van der Waals surface area contributed by atoms with Gasteiger partial charge in [-0.2, -0.15) is 0 Å². The van der Waals surface area contributed by atoms with Crippen molar-refractivity contribution in [3.8, 4) is 5.75 Å². The maximum atomic E-state index is 12.4. The van der Waals surface area contributed by atoms with Crippen LogP contribution in [0.4, 0.5) is 5.69 Å². The molecule has 122 valence electrons. The molecule has 0 bridgehead atoms. The fourth-order valence-electron chi connectivity index (χ4n) is 1.71. The van der Waals surface area contributed by atoms with Gasteiger partial charge in [0.2, 0.25) is 15.8 Å². The lowest BCUT2D eigenvalue weighted by Gasteiger charge is -2.21. The Labute approximate surface area is 127 Å². The molecule has 1 rings (SSSR count). The van der Waals surface area contributed by atoms with E-state index in [2.05, 4.69) is 4.72 Å². The number of nitrogens with zero attached hydrogens (tertiary/aromatic N) is 1. The normalized spacial score (nSPS) is 12.0. The Hall–Kier alpha value is -2.20. The van der Waals surface area contributed by atoms with Gasteiger partial charge in [-0.1, -0.05) is 0 Å². The van der Waals surface area contributed by atoms with Crippen molar-refractivity contribution in [1.29, 1.82) is 0 Å². The monoisotopic (exact) mass is 332 g/mol. The van der Waals surface area contributed by atoms with Gasteiger partial charge in [-0.05, 0) is 26.8 Å². The van der Waals surface area contributed by atoms with Crippen LogP contribution in [-0.2, 0) is 10.0 Å². The molecular formula is C12H16N2O7S. The first-order chi connectivity index (χ1) is 9.89. The summed E-state index contributed by atoms with van der Waals surface area (Å²) in [6, 6.07) is 1.57. The molecule has 9 nitrogen and oxygen atoms in total. The molecule has 0 saturated heterocycles. The first kappa shape index (κ1) is 17.9. The number of hydrogen-bond acceptors (Lipinski definition) is 6. The first-order valence-electron chi connectivity index (χ1n) is 6.03. The molecule has 0 spiro atoms. The SMILES string of the molecule is COc1c([N+](=O)[O-])cc(C(=O)O)cc1S(=O)(=O)NC(C)(C)C. The predicted octanol–water partition coefficient (Wildman–Crippen LogP) is 1.38. The maximum Gasteiger partial charge on any atom is 0.335 e. The molecule has 0 atom stereocenters. The van der Waals surface area contributed by atoms with Gasteiger partial charge in [-0.25, -0.2) is 17.9 Å². The molecule has 2 N–H and O–H groups in total. The molecule has 1 aromatic rings. The fraction of sp³-hybridized carbons (Fsp3) is 0.417. The summed E-state index contributed by atoms with van der Waals surface area (Å²) in [4.78, 5) is 20.6. The van der Waals surface area contributed by atoms with Crippen LogP contribution in [0.5, 0.6) is 5.75 Å². The molecular weight excluding hydrogens is 316 g/mol. The Morgan fingerprint density at radius 3 is 2.27 bits per heavy atom. The lowest BCUT2D eigenvalue weighted by Crippen LogP contribution is -2.40. The molecule has 10 heteroatoms. The summed E-state index contributed by atoms with van der Waals surface area (Å²) in [6.07, 6.45) is 0. The van der Waals surface area contributed by atoms with Gasteiger partial charge in [-0.15, -0.1) is 0 Å². The van der Waals surface area contributed by atoms with Crippen LogP contribution in [0, 0.1) is 10.1 Å². The number of benzene rings is 1. The van der Waals surface area contributed by atoms with Crippen LogP contribution in [0.2, 0.25) is 0 Å². The standard InChI is InChI=1S/C12H16N2O7S/c1-12(2,3)13-22(19,20)9-6-7(11(15)16)5-8(14(17)18)10(9)21-4/h5-6,13H,1-4H3,(H,15,16). The average molecular weight is 332 g/mol. The molecule has 0 radical (unpaired) electrons. The number of hydrogen-bond donors (Lipinski definition) is 2. The summed E-state index contributed by atoms with van der Waals surface area (Å²) in [5, 5.41) is 20.0. The Kier molecular flexibility index (Phi) is 4.78. The van der Waals surface area contributed by atoms with E-state index in [1.165, 1.54) is 0 Å². The third-order valence-corrected chi connectivity index (χ3v) is 4.18. The molecule has 22 heavy (non-hydrogen) atoms. The molecule has 0 heterocycles. The smallest absolute Gasteiger partial charge is 0.335 e. The minimum absolute atomic E-state index is 0.522. The summed E-state index contributed by atoms with van der Waals surface area (Å²) >= 11 is 0. The predicted molar refractivity (Wildman–Crippen MR) is 76.7 cm³/mol. The third-order valence-electron chi connectivity index (χ3n) is 2.41. The van der Waals surface area contributed by atoms with Crippen LogP contribution >= 0.6 is 0 Å². The van der Waals surface area contributed by atoms with Crippen molar-refractivity contribution in [3.05, 3.63) is 27.8 Å². The number of carboxylic acids is 1. The van der Waals surface area contributed by atoms with Crippen molar-refractivity contribution in [1.82, 2.24) is 4.72 Å². The van der Waals surface area contributed by atoms with E-state index in [0.717, 1.165) is 19.2 Å². The highest BCUT2D eigenvalue weighted by molar-refractivity contribution is 7.89. The number of ether oxygens (including phenoxy) is 1. The second-order valence-electron chi connectivity index (χ2n) is 5.44. The summed E-state index contributed by atoms with van der Waals surface area (Å²) in [5.41, 5.74) is -2.13. The van der Waals surface area contributed by atoms with Crippen molar-refractivity contribution in [3.63, 3.8) is 0 Å². The number of aromatic carboxylic acids is 1. The number of rotatable bonds is 5. The van der Waals surface area contributed by atoms with Gasteiger partial charge in [0.25, 0.3) is 0 Å². The highest BCUT2D eigenvalue weighted by Gasteiger charge is 2.32. The third kappa shape index (κ3) is 3.92. The Balaban J connectivity index is 3.71. The number of sulfonamides is 1. The Morgan fingerprint density at radius 2 is 1.91 bits per heavy atom. The van der Waals surface area contributed by atoms with Crippen molar-refractivity contribution in [2.45, 2.75) is 31.2 Å². The van der Waals surface area contributed by atoms with Gasteiger partial charge in [0, 0.05) is 11.6 Å². The average Bonchev–Trinajstić information content (AvgIpc) is 2.33. The van der Waals surface area contributed by atoms with Crippen molar-refractivity contribution < 1.29 is 28.0 Å². The van der Waals surface area contributed by atoms with Gasteiger partial charge >= 0.3 is 11.7 Å². The summed E-state index contributed by atoms with van der Waals surface area (Å²) in [5.74, 6) is -2.01. The van der Waals surface area contributed by atoms with E-state index < -0.39 is 48.4 Å². The van der Waals surface area contributed by atoms with Gasteiger partial charge < -0.3 is 9.84 Å². The van der Waals surface area contributed by atoms with Crippen LogP contribution in [0.1, 0.15) is 31.1 Å². The van der Waals surface area contributed by atoms with Crippen molar-refractivity contribution in [2.24, 2.45) is 0 Å². The Morgan fingerprint density at radius 1 is 1.36 bits per heavy atom. The second kappa shape index (κ2) is 5.89. The largest absolute Gasteiger partial charge is 0.489 e. The highest BCUT2D eigenvalue weighted by Crippen LogP contribution is 2.35. The number of nitrogens with one attached hydrogen (secondary N) is 1. The molecule has 0 aliphatic heterocycles. The maximum absolute atomic E-state index is 12.4. The van der Waals surface area contributed by atoms with Crippen LogP contribution in [0.25, 0.3) is 0 Å². The second-order valence-corrected chi connectivity index (χ2v) is 7.10. The molecule has 0 saturated carbocycles. The highest BCUT2D eigenvalue weighted by atomic mass is 32.2. The minimum atomic E-state index is -4.22. The zero-order valence-electron chi connectivity index (χ0n) is 12.4. The zero-order chi connectivity index (χ0) is 17.3. The lowest BCUT2D eigenvalue weighted by molar-refractivity contribution is -0.386. The van der Waals surface area contributed by atoms with E-state index in [4.69, 9.17) is 9.84 Å². The summed E-state index contributed by atoms with van der Waals surface area (Å²) in [7, 11) is -3.15.